The Bertz CT molecular complexity index is 1060. The number of aromatic nitrogens is 1. The van der Waals surface area contributed by atoms with Crippen LogP contribution in [0.15, 0.2) is 54.6 Å². The molecule has 2 aromatic carbocycles. The molecule has 2 N–H and O–H groups in total. The van der Waals surface area contributed by atoms with Crippen LogP contribution < -0.4 is 15.5 Å². The highest BCUT2D eigenvalue weighted by atomic mass is 19.1. The average molecular weight is 435 g/mol. The second-order valence-corrected chi connectivity index (χ2v) is 8.91. The van der Waals surface area contributed by atoms with Gasteiger partial charge in [-0.05, 0) is 55.4 Å². The molecule has 5 nitrogen and oxygen atoms in total. The summed E-state index contributed by atoms with van der Waals surface area (Å²) in [5, 5.41) is 7.84. The van der Waals surface area contributed by atoms with Crippen molar-refractivity contribution in [1.29, 1.82) is 0 Å². The molecule has 1 aromatic heterocycles. The van der Waals surface area contributed by atoms with Crippen molar-refractivity contribution in [1.82, 2.24) is 10.3 Å². The molecule has 0 saturated heterocycles. The molecule has 1 saturated carbocycles. The SMILES string of the molecule is CN(C)c1cc(N[C@H]2CC[C@@H](CNC(=O)Cc3ccc(F)cc3)CC2)nc2ccccc12. The standard InChI is InChI=1S/C26H31FN4O/c1-31(2)24-16-25(30-23-6-4-3-5-22(23)24)29-21-13-9-19(10-14-21)17-28-26(32)15-18-7-11-20(27)12-8-18/h3-8,11-12,16,19,21H,9-10,13-15,17H2,1-2H3,(H,28,32)(H,29,30)/t19-,21+. The second-order valence-electron chi connectivity index (χ2n) is 8.91. The summed E-state index contributed by atoms with van der Waals surface area (Å²) in [4.78, 5) is 19.2. The minimum Gasteiger partial charge on any atom is -0.377 e. The summed E-state index contributed by atoms with van der Waals surface area (Å²) in [6, 6.07) is 16.9. The van der Waals surface area contributed by atoms with E-state index in [2.05, 4.69) is 47.8 Å². The Balaban J connectivity index is 1.27. The van der Waals surface area contributed by atoms with E-state index in [-0.39, 0.29) is 11.7 Å². The summed E-state index contributed by atoms with van der Waals surface area (Å²) < 4.78 is 13.0. The van der Waals surface area contributed by atoms with Crippen molar-refractivity contribution >= 4 is 28.3 Å². The number of para-hydroxylation sites is 1. The molecule has 0 bridgehead atoms. The van der Waals surface area contributed by atoms with E-state index >= 15 is 0 Å². The number of hydrogen-bond acceptors (Lipinski definition) is 4. The van der Waals surface area contributed by atoms with Crippen LogP contribution >= 0.6 is 0 Å². The van der Waals surface area contributed by atoms with E-state index in [1.165, 1.54) is 12.1 Å². The van der Waals surface area contributed by atoms with Gasteiger partial charge in [0.1, 0.15) is 11.6 Å². The zero-order valence-corrected chi connectivity index (χ0v) is 18.8. The fourth-order valence-electron chi connectivity index (χ4n) is 4.43. The Hall–Kier alpha value is -3.15. The number of nitrogens with one attached hydrogen (secondary N) is 2. The number of hydrogen-bond donors (Lipinski definition) is 2. The summed E-state index contributed by atoms with van der Waals surface area (Å²) >= 11 is 0. The van der Waals surface area contributed by atoms with Crippen LogP contribution in [-0.2, 0) is 11.2 Å². The smallest absolute Gasteiger partial charge is 0.224 e. The van der Waals surface area contributed by atoms with Crippen LogP contribution in [0, 0.1) is 11.7 Å². The lowest BCUT2D eigenvalue weighted by molar-refractivity contribution is -0.120. The molecule has 3 aromatic rings. The third-order valence-electron chi connectivity index (χ3n) is 6.24. The molecule has 1 amide bonds. The summed E-state index contributed by atoms with van der Waals surface area (Å²) in [5.74, 6) is 1.13. The van der Waals surface area contributed by atoms with Gasteiger partial charge in [-0.3, -0.25) is 4.79 Å². The van der Waals surface area contributed by atoms with Gasteiger partial charge in [-0.25, -0.2) is 9.37 Å². The summed E-state index contributed by atoms with van der Waals surface area (Å²) in [6.07, 6.45) is 4.55. The first-order valence-corrected chi connectivity index (χ1v) is 11.3. The van der Waals surface area contributed by atoms with E-state index in [0.29, 0.717) is 24.9 Å². The Labute approximate surface area is 189 Å². The minimum absolute atomic E-state index is 0.00608. The van der Waals surface area contributed by atoms with E-state index in [0.717, 1.165) is 53.7 Å². The number of carbonyl (C=O) groups excluding carboxylic acids is 1. The third kappa shape index (κ3) is 5.55. The molecule has 1 aliphatic carbocycles. The van der Waals surface area contributed by atoms with Crippen molar-refractivity contribution in [2.45, 2.75) is 38.1 Å². The molecule has 1 fully saturated rings. The summed E-state index contributed by atoms with van der Waals surface area (Å²) in [7, 11) is 4.11. The first-order chi connectivity index (χ1) is 15.5. The van der Waals surface area contributed by atoms with Crippen LogP contribution in [0.1, 0.15) is 31.2 Å². The lowest BCUT2D eigenvalue weighted by Crippen LogP contribution is -2.34. The van der Waals surface area contributed by atoms with Gasteiger partial charge in [-0.2, -0.15) is 0 Å². The molecule has 6 heteroatoms. The molecule has 32 heavy (non-hydrogen) atoms. The van der Waals surface area contributed by atoms with Gasteiger partial charge in [-0.15, -0.1) is 0 Å². The van der Waals surface area contributed by atoms with Gasteiger partial charge in [0.2, 0.25) is 5.91 Å². The number of halogens is 1. The van der Waals surface area contributed by atoms with Crippen LogP contribution in [0.5, 0.6) is 0 Å². The van der Waals surface area contributed by atoms with E-state index in [4.69, 9.17) is 4.98 Å². The fourth-order valence-corrected chi connectivity index (χ4v) is 4.43. The monoisotopic (exact) mass is 434 g/mol. The molecular formula is C26H31FN4O. The maximum absolute atomic E-state index is 13.0. The predicted octanol–water partition coefficient (Wildman–Crippen LogP) is 4.77. The van der Waals surface area contributed by atoms with Crippen molar-refractivity contribution in [3.8, 4) is 0 Å². The van der Waals surface area contributed by atoms with Gasteiger partial charge in [-0.1, -0.05) is 30.3 Å². The highest BCUT2D eigenvalue weighted by Crippen LogP contribution is 2.30. The normalized spacial score (nSPS) is 18.3. The molecular weight excluding hydrogens is 403 g/mol. The van der Waals surface area contributed by atoms with Crippen LogP contribution in [0.4, 0.5) is 15.9 Å². The number of benzene rings is 2. The predicted molar refractivity (Wildman–Crippen MR) is 129 cm³/mol. The number of amides is 1. The number of fused-ring (bicyclic) bond motifs is 1. The minimum atomic E-state index is -0.281. The molecule has 0 aliphatic heterocycles. The number of nitrogens with zero attached hydrogens (tertiary/aromatic N) is 2. The highest BCUT2D eigenvalue weighted by Gasteiger charge is 2.22. The zero-order valence-electron chi connectivity index (χ0n) is 18.8. The van der Waals surface area contributed by atoms with Gasteiger partial charge in [0.15, 0.2) is 0 Å². The van der Waals surface area contributed by atoms with Crippen LogP contribution in [-0.4, -0.2) is 37.6 Å². The Kier molecular flexibility index (Phi) is 6.88. The number of rotatable bonds is 7. The number of pyridine rings is 1. The molecule has 1 heterocycles. The maximum atomic E-state index is 13.0. The summed E-state index contributed by atoms with van der Waals surface area (Å²) in [5.41, 5.74) is 2.99. The van der Waals surface area contributed by atoms with Crippen LogP contribution in [0.25, 0.3) is 10.9 Å². The van der Waals surface area contributed by atoms with Crippen LogP contribution in [0.3, 0.4) is 0 Å². The van der Waals surface area contributed by atoms with Gasteiger partial charge in [0.25, 0.3) is 0 Å². The quantitative estimate of drug-likeness (QED) is 0.562. The number of anilines is 2. The van der Waals surface area contributed by atoms with Crippen molar-refractivity contribution in [2.24, 2.45) is 5.92 Å². The molecule has 0 unspecified atom stereocenters. The molecule has 0 atom stereocenters. The zero-order chi connectivity index (χ0) is 22.5. The highest BCUT2D eigenvalue weighted by molar-refractivity contribution is 5.93. The van der Waals surface area contributed by atoms with E-state index < -0.39 is 0 Å². The van der Waals surface area contributed by atoms with E-state index in [1.807, 2.05) is 12.1 Å². The van der Waals surface area contributed by atoms with Gasteiger partial charge < -0.3 is 15.5 Å². The first-order valence-electron chi connectivity index (χ1n) is 11.3. The topological polar surface area (TPSA) is 57.3 Å². The van der Waals surface area contributed by atoms with Gasteiger partial charge in [0.05, 0.1) is 11.9 Å². The van der Waals surface area contributed by atoms with Crippen molar-refractivity contribution < 1.29 is 9.18 Å². The van der Waals surface area contributed by atoms with Crippen molar-refractivity contribution in [3.05, 3.63) is 66.0 Å². The first kappa shape index (κ1) is 22.1. The molecule has 0 spiro atoms. The van der Waals surface area contributed by atoms with E-state index in [1.54, 1.807) is 12.1 Å². The number of carbonyl (C=O) groups is 1. The molecule has 168 valence electrons. The Morgan fingerprint density at radius 3 is 2.50 bits per heavy atom. The molecule has 4 rings (SSSR count). The van der Waals surface area contributed by atoms with Crippen LogP contribution in [0.2, 0.25) is 0 Å². The average Bonchev–Trinajstić information content (AvgIpc) is 2.79. The van der Waals surface area contributed by atoms with E-state index in [9.17, 15) is 9.18 Å². The van der Waals surface area contributed by atoms with Crippen molar-refractivity contribution in [2.75, 3.05) is 30.9 Å². The lowest BCUT2D eigenvalue weighted by Gasteiger charge is -2.30. The third-order valence-corrected chi connectivity index (χ3v) is 6.24. The maximum Gasteiger partial charge on any atom is 0.224 e. The van der Waals surface area contributed by atoms with Gasteiger partial charge in [0, 0.05) is 43.8 Å². The second kappa shape index (κ2) is 9.98. The van der Waals surface area contributed by atoms with Gasteiger partial charge >= 0.3 is 0 Å². The Morgan fingerprint density at radius 1 is 1.06 bits per heavy atom. The molecule has 1 aliphatic rings. The van der Waals surface area contributed by atoms with Crippen molar-refractivity contribution in [3.63, 3.8) is 0 Å². The molecule has 0 radical (unpaired) electrons. The lowest BCUT2D eigenvalue weighted by atomic mass is 9.86. The largest absolute Gasteiger partial charge is 0.377 e. The summed E-state index contributed by atoms with van der Waals surface area (Å²) in [6.45, 7) is 0.700. The fraction of sp³-hybridized carbons (Fsp3) is 0.385. The Morgan fingerprint density at radius 2 is 1.78 bits per heavy atom.